The Balaban J connectivity index is 2.09. The molecule has 1 aromatic heterocycles. The molecular formula is C15H17ClFN3. The van der Waals surface area contributed by atoms with Crippen LogP contribution in [0.1, 0.15) is 11.1 Å². The zero-order chi connectivity index (χ0) is 14.5. The average Bonchev–Trinajstić information content (AvgIpc) is 2.41. The molecule has 0 aliphatic heterocycles. The van der Waals surface area contributed by atoms with E-state index in [4.69, 9.17) is 17.3 Å². The van der Waals surface area contributed by atoms with E-state index in [1.165, 1.54) is 12.1 Å². The molecule has 0 aliphatic carbocycles. The van der Waals surface area contributed by atoms with Gasteiger partial charge in [-0.25, -0.2) is 9.37 Å². The lowest BCUT2D eigenvalue weighted by molar-refractivity contribution is 0.555. The molecule has 0 radical (unpaired) electrons. The molecule has 3 nitrogen and oxygen atoms in total. The summed E-state index contributed by atoms with van der Waals surface area (Å²) in [6, 6.07) is 8.48. The van der Waals surface area contributed by atoms with Crippen molar-refractivity contribution >= 4 is 17.4 Å². The third kappa shape index (κ3) is 3.92. The van der Waals surface area contributed by atoms with E-state index < -0.39 is 0 Å². The molecule has 1 unspecified atom stereocenters. The highest BCUT2D eigenvalue weighted by Crippen LogP contribution is 2.20. The molecule has 20 heavy (non-hydrogen) atoms. The Morgan fingerprint density at radius 3 is 2.75 bits per heavy atom. The van der Waals surface area contributed by atoms with Crippen LogP contribution in [0.25, 0.3) is 0 Å². The molecule has 0 bridgehead atoms. The van der Waals surface area contributed by atoms with Gasteiger partial charge in [-0.05, 0) is 55.3 Å². The van der Waals surface area contributed by atoms with Crippen molar-refractivity contribution in [3.8, 4) is 0 Å². The summed E-state index contributed by atoms with van der Waals surface area (Å²) < 4.78 is 13.0. The number of nitrogens with one attached hydrogen (secondary N) is 1. The van der Waals surface area contributed by atoms with Gasteiger partial charge in [0.05, 0.1) is 0 Å². The van der Waals surface area contributed by atoms with Crippen molar-refractivity contribution in [2.24, 2.45) is 0 Å². The van der Waals surface area contributed by atoms with E-state index in [2.05, 4.69) is 10.3 Å². The van der Waals surface area contributed by atoms with E-state index >= 15 is 0 Å². The lowest BCUT2D eigenvalue weighted by Crippen LogP contribution is -2.30. The van der Waals surface area contributed by atoms with Gasteiger partial charge >= 0.3 is 0 Å². The highest BCUT2D eigenvalue weighted by Gasteiger charge is 2.11. The number of nitrogens with two attached hydrogens (primary N) is 1. The summed E-state index contributed by atoms with van der Waals surface area (Å²) in [5, 5.41) is 3.70. The molecule has 2 aromatic rings. The first-order chi connectivity index (χ1) is 9.58. The number of anilines is 1. The molecule has 0 amide bonds. The van der Waals surface area contributed by atoms with Crippen molar-refractivity contribution in [3.05, 3.63) is 58.5 Å². The van der Waals surface area contributed by atoms with Gasteiger partial charge in [-0.3, -0.25) is 0 Å². The van der Waals surface area contributed by atoms with Crippen molar-refractivity contribution in [3.63, 3.8) is 0 Å². The molecule has 0 saturated heterocycles. The fourth-order valence-corrected chi connectivity index (χ4v) is 2.38. The van der Waals surface area contributed by atoms with Crippen LogP contribution in [0.4, 0.5) is 10.2 Å². The highest BCUT2D eigenvalue weighted by molar-refractivity contribution is 6.31. The van der Waals surface area contributed by atoms with Crippen molar-refractivity contribution < 1.29 is 4.39 Å². The van der Waals surface area contributed by atoms with E-state index in [0.29, 0.717) is 10.8 Å². The fourth-order valence-electron chi connectivity index (χ4n) is 2.13. The van der Waals surface area contributed by atoms with Crippen molar-refractivity contribution in [1.82, 2.24) is 10.3 Å². The second kappa shape index (κ2) is 6.68. The van der Waals surface area contributed by atoms with Crippen LogP contribution in [0.5, 0.6) is 0 Å². The van der Waals surface area contributed by atoms with E-state index in [0.717, 1.165) is 24.0 Å². The monoisotopic (exact) mass is 293 g/mol. The summed E-state index contributed by atoms with van der Waals surface area (Å²) >= 11 is 6.06. The van der Waals surface area contributed by atoms with Gasteiger partial charge in [-0.2, -0.15) is 0 Å². The summed E-state index contributed by atoms with van der Waals surface area (Å²) in [5.41, 5.74) is 7.71. The summed E-state index contributed by atoms with van der Waals surface area (Å²) in [6.45, 7) is 0. The number of rotatable bonds is 5. The number of nitrogens with zero attached hydrogens (tertiary/aromatic N) is 1. The minimum absolute atomic E-state index is 0.194. The fraction of sp³-hybridized carbons (Fsp3) is 0.267. The minimum atomic E-state index is -0.318. The number of aromatic nitrogens is 1. The van der Waals surface area contributed by atoms with Crippen molar-refractivity contribution in [2.75, 3.05) is 12.8 Å². The number of benzene rings is 1. The lowest BCUT2D eigenvalue weighted by Gasteiger charge is -2.17. The Morgan fingerprint density at radius 1 is 1.30 bits per heavy atom. The SMILES string of the molecule is CNC(Cc1ccnc(N)c1)Cc1ccc(F)cc1Cl. The summed E-state index contributed by atoms with van der Waals surface area (Å²) in [7, 11) is 1.90. The summed E-state index contributed by atoms with van der Waals surface area (Å²) in [6.07, 6.45) is 3.22. The van der Waals surface area contributed by atoms with Crippen molar-refractivity contribution in [1.29, 1.82) is 0 Å². The van der Waals surface area contributed by atoms with Gasteiger partial charge in [0.15, 0.2) is 0 Å². The maximum absolute atomic E-state index is 13.0. The third-order valence-electron chi connectivity index (χ3n) is 3.22. The molecule has 3 N–H and O–H groups in total. The van der Waals surface area contributed by atoms with Crippen molar-refractivity contribution in [2.45, 2.75) is 18.9 Å². The van der Waals surface area contributed by atoms with E-state index in [9.17, 15) is 4.39 Å². The average molecular weight is 294 g/mol. The first kappa shape index (κ1) is 14.8. The number of hydrogen-bond donors (Lipinski definition) is 2. The van der Waals surface area contributed by atoms with Gasteiger partial charge in [0, 0.05) is 17.3 Å². The number of halogens is 2. The standard InChI is InChI=1S/C15H17ClFN3/c1-19-13(6-10-4-5-20-15(18)7-10)8-11-2-3-12(17)9-14(11)16/h2-5,7,9,13,19H,6,8H2,1H3,(H2,18,20). The first-order valence-electron chi connectivity index (χ1n) is 6.40. The van der Waals surface area contributed by atoms with Gasteiger partial charge in [0.1, 0.15) is 11.6 Å². The zero-order valence-corrected chi connectivity index (χ0v) is 12.0. The van der Waals surface area contributed by atoms with Gasteiger partial charge in [-0.1, -0.05) is 17.7 Å². The smallest absolute Gasteiger partial charge is 0.124 e. The Labute approximate surface area is 123 Å². The van der Waals surface area contributed by atoms with E-state index in [-0.39, 0.29) is 11.9 Å². The number of pyridine rings is 1. The molecule has 0 spiro atoms. The molecule has 5 heteroatoms. The van der Waals surface area contributed by atoms with Crippen LogP contribution in [0, 0.1) is 5.82 Å². The molecule has 0 saturated carbocycles. The van der Waals surface area contributed by atoms with Crippen LogP contribution in [0.15, 0.2) is 36.5 Å². The molecule has 0 aliphatic rings. The highest BCUT2D eigenvalue weighted by atomic mass is 35.5. The van der Waals surface area contributed by atoms with Crippen LogP contribution >= 0.6 is 11.6 Å². The molecule has 1 atom stereocenters. The second-order valence-corrected chi connectivity index (χ2v) is 5.13. The molecule has 1 aromatic carbocycles. The predicted octanol–water partition coefficient (Wildman–Crippen LogP) is 2.83. The number of likely N-dealkylation sites (N-methyl/N-ethyl adjacent to an activating group) is 1. The Kier molecular flexibility index (Phi) is 4.93. The summed E-state index contributed by atoms with van der Waals surface area (Å²) in [4.78, 5) is 3.98. The normalized spacial score (nSPS) is 12.3. The van der Waals surface area contributed by atoms with Gasteiger partial charge < -0.3 is 11.1 Å². The molecule has 106 valence electrons. The number of hydrogen-bond acceptors (Lipinski definition) is 3. The molecular weight excluding hydrogens is 277 g/mol. The third-order valence-corrected chi connectivity index (χ3v) is 3.57. The Hall–Kier alpha value is -1.65. The van der Waals surface area contributed by atoms with Gasteiger partial charge in [0.2, 0.25) is 0 Å². The number of nitrogen functional groups attached to an aromatic ring is 1. The lowest BCUT2D eigenvalue weighted by atomic mass is 9.99. The molecule has 1 heterocycles. The van der Waals surface area contributed by atoms with Gasteiger partial charge in [0.25, 0.3) is 0 Å². The van der Waals surface area contributed by atoms with Crippen LogP contribution in [-0.4, -0.2) is 18.1 Å². The summed E-state index contributed by atoms with van der Waals surface area (Å²) in [5.74, 6) is 0.193. The minimum Gasteiger partial charge on any atom is -0.384 e. The quantitative estimate of drug-likeness (QED) is 0.891. The molecule has 2 rings (SSSR count). The zero-order valence-electron chi connectivity index (χ0n) is 11.2. The largest absolute Gasteiger partial charge is 0.384 e. The van der Waals surface area contributed by atoms with E-state index in [1.54, 1.807) is 12.3 Å². The topological polar surface area (TPSA) is 50.9 Å². The van der Waals surface area contributed by atoms with Gasteiger partial charge in [-0.15, -0.1) is 0 Å². The first-order valence-corrected chi connectivity index (χ1v) is 6.78. The maximum atomic E-state index is 13.0. The Morgan fingerprint density at radius 2 is 2.10 bits per heavy atom. The van der Waals surface area contributed by atoms with Crippen LogP contribution < -0.4 is 11.1 Å². The Bertz CT molecular complexity index is 589. The van der Waals surface area contributed by atoms with Crippen LogP contribution in [-0.2, 0) is 12.8 Å². The van der Waals surface area contributed by atoms with E-state index in [1.807, 2.05) is 19.2 Å². The second-order valence-electron chi connectivity index (χ2n) is 4.72. The predicted molar refractivity (Wildman–Crippen MR) is 80.3 cm³/mol. The van der Waals surface area contributed by atoms with Crippen LogP contribution in [0.3, 0.4) is 0 Å². The maximum Gasteiger partial charge on any atom is 0.124 e. The van der Waals surface area contributed by atoms with Crippen LogP contribution in [0.2, 0.25) is 5.02 Å². The molecule has 0 fully saturated rings.